The van der Waals surface area contributed by atoms with Crippen molar-refractivity contribution in [1.29, 1.82) is 0 Å². The third-order valence-electron chi connectivity index (χ3n) is 4.12. The molecule has 29 heavy (non-hydrogen) atoms. The number of sulfonamides is 1. The van der Waals surface area contributed by atoms with Gasteiger partial charge in [0.15, 0.2) is 0 Å². The summed E-state index contributed by atoms with van der Waals surface area (Å²) in [4.78, 5) is 23.6. The van der Waals surface area contributed by atoms with Gasteiger partial charge < -0.3 is 14.8 Å². The fourth-order valence-electron chi connectivity index (χ4n) is 2.65. The lowest BCUT2D eigenvalue weighted by atomic mass is 10.2. The standard InChI is InChI=1S/C20H24N2O6S/c1-27-18-12-10-17(11-13-18)22(29(3,25)26)14-4-5-19(23)21-16-8-6-15(7-9-16)20(24)28-2/h6-13H,4-5,14H2,1-3H3,(H,21,23). The van der Waals surface area contributed by atoms with Crippen LogP contribution in [0.1, 0.15) is 23.2 Å². The number of carbonyl (C=O) groups excluding carboxylic acids is 2. The first kappa shape index (κ1) is 22.2. The van der Waals surface area contributed by atoms with Gasteiger partial charge in [-0.25, -0.2) is 13.2 Å². The van der Waals surface area contributed by atoms with Crippen molar-refractivity contribution in [3.05, 3.63) is 54.1 Å². The minimum Gasteiger partial charge on any atom is -0.497 e. The maximum Gasteiger partial charge on any atom is 0.337 e. The van der Waals surface area contributed by atoms with Crippen LogP contribution in [0.4, 0.5) is 11.4 Å². The van der Waals surface area contributed by atoms with E-state index in [4.69, 9.17) is 4.74 Å². The predicted molar refractivity (Wildman–Crippen MR) is 111 cm³/mol. The number of nitrogens with zero attached hydrogens (tertiary/aromatic N) is 1. The van der Waals surface area contributed by atoms with E-state index in [1.54, 1.807) is 48.5 Å². The maximum absolute atomic E-state index is 12.2. The summed E-state index contributed by atoms with van der Waals surface area (Å²) in [6.45, 7) is 0.167. The molecule has 0 aliphatic carbocycles. The SMILES string of the molecule is COC(=O)c1ccc(NC(=O)CCCN(c2ccc(OC)cc2)S(C)(=O)=O)cc1. The first-order valence-corrected chi connectivity index (χ1v) is 10.7. The molecule has 0 radical (unpaired) electrons. The maximum atomic E-state index is 12.2. The summed E-state index contributed by atoms with van der Waals surface area (Å²) in [5.41, 5.74) is 1.43. The number of esters is 1. The highest BCUT2D eigenvalue weighted by molar-refractivity contribution is 7.92. The smallest absolute Gasteiger partial charge is 0.337 e. The molecule has 0 fully saturated rings. The lowest BCUT2D eigenvalue weighted by Crippen LogP contribution is -2.31. The Morgan fingerprint density at radius 2 is 1.62 bits per heavy atom. The second-order valence-electron chi connectivity index (χ2n) is 6.25. The van der Waals surface area contributed by atoms with Crippen LogP contribution >= 0.6 is 0 Å². The highest BCUT2D eigenvalue weighted by Gasteiger charge is 2.17. The van der Waals surface area contributed by atoms with Gasteiger partial charge >= 0.3 is 5.97 Å². The Hall–Kier alpha value is -3.07. The van der Waals surface area contributed by atoms with Crippen LogP contribution in [0.5, 0.6) is 5.75 Å². The van der Waals surface area contributed by atoms with Crippen molar-refractivity contribution in [2.45, 2.75) is 12.8 Å². The molecule has 0 heterocycles. The molecule has 9 heteroatoms. The molecule has 1 amide bonds. The van der Waals surface area contributed by atoms with Crippen molar-refractivity contribution in [1.82, 2.24) is 0 Å². The summed E-state index contributed by atoms with van der Waals surface area (Å²) in [6, 6.07) is 13.0. The molecular weight excluding hydrogens is 396 g/mol. The van der Waals surface area contributed by atoms with Gasteiger partial charge in [-0.3, -0.25) is 9.10 Å². The van der Waals surface area contributed by atoms with Crippen molar-refractivity contribution in [2.24, 2.45) is 0 Å². The summed E-state index contributed by atoms with van der Waals surface area (Å²) >= 11 is 0. The number of hydrogen-bond acceptors (Lipinski definition) is 6. The molecular formula is C20H24N2O6S. The van der Waals surface area contributed by atoms with Crippen molar-refractivity contribution < 1.29 is 27.5 Å². The molecule has 1 N–H and O–H groups in total. The van der Waals surface area contributed by atoms with E-state index in [2.05, 4.69) is 10.1 Å². The number of carbonyl (C=O) groups is 2. The van der Waals surface area contributed by atoms with Crippen LogP contribution < -0.4 is 14.4 Å². The topological polar surface area (TPSA) is 102 Å². The third kappa shape index (κ3) is 6.49. The van der Waals surface area contributed by atoms with Gasteiger partial charge in [-0.2, -0.15) is 0 Å². The van der Waals surface area contributed by atoms with Gasteiger partial charge in [0.1, 0.15) is 5.75 Å². The largest absolute Gasteiger partial charge is 0.497 e. The van der Waals surface area contributed by atoms with E-state index in [0.29, 0.717) is 29.1 Å². The minimum atomic E-state index is -3.49. The first-order valence-electron chi connectivity index (χ1n) is 8.84. The second-order valence-corrected chi connectivity index (χ2v) is 8.16. The zero-order chi connectivity index (χ0) is 21.4. The number of ether oxygens (including phenoxy) is 2. The third-order valence-corrected chi connectivity index (χ3v) is 5.31. The molecule has 0 bridgehead atoms. The quantitative estimate of drug-likeness (QED) is 0.626. The average molecular weight is 420 g/mol. The first-order chi connectivity index (χ1) is 13.7. The van der Waals surface area contributed by atoms with Crippen LogP contribution in [0, 0.1) is 0 Å². The second kappa shape index (κ2) is 9.92. The molecule has 8 nitrogen and oxygen atoms in total. The summed E-state index contributed by atoms with van der Waals surface area (Å²) in [7, 11) is -0.665. The van der Waals surface area contributed by atoms with Gasteiger partial charge in [0.2, 0.25) is 15.9 Å². The molecule has 2 rings (SSSR count). The van der Waals surface area contributed by atoms with Crippen molar-refractivity contribution >= 4 is 33.3 Å². The Bertz CT molecular complexity index is 940. The van der Waals surface area contributed by atoms with Crippen LogP contribution in [0.2, 0.25) is 0 Å². The van der Waals surface area contributed by atoms with Gasteiger partial charge in [0.25, 0.3) is 0 Å². The van der Waals surface area contributed by atoms with Crippen LogP contribution in [0.15, 0.2) is 48.5 Å². The van der Waals surface area contributed by atoms with E-state index in [0.717, 1.165) is 6.26 Å². The Balaban J connectivity index is 1.93. The predicted octanol–water partition coefficient (Wildman–Crippen LogP) is 2.67. The normalized spacial score (nSPS) is 10.9. The monoisotopic (exact) mass is 420 g/mol. The lowest BCUT2D eigenvalue weighted by molar-refractivity contribution is -0.116. The van der Waals surface area contributed by atoms with E-state index in [9.17, 15) is 18.0 Å². The molecule has 0 saturated heterocycles. The van der Waals surface area contributed by atoms with Crippen LogP contribution in [-0.2, 0) is 19.6 Å². The van der Waals surface area contributed by atoms with Crippen LogP contribution in [-0.4, -0.2) is 47.3 Å². The summed E-state index contributed by atoms with van der Waals surface area (Å²) in [5.74, 6) is -0.0823. The zero-order valence-electron chi connectivity index (χ0n) is 16.5. The Kier molecular flexibility index (Phi) is 7.60. The molecule has 2 aromatic carbocycles. The molecule has 0 aliphatic heterocycles. The summed E-state index contributed by atoms with van der Waals surface area (Å²) in [6.07, 6.45) is 1.60. The fraction of sp³-hybridized carbons (Fsp3) is 0.300. The molecule has 0 spiro atoms. The molecule has 0 unspecified atom stereocenters. The highest BCUT2D eigenvalue weighted by Crippen LogP contribution is 2.22. The van der Waals surface area contributed by atoms with Gasteiger partial charge in [-0.15, -0.1) is 0 Å². The van der Waals surface area contributed by atoms with E-state index in [-0.39, 0.29) is 18.9 Å². The number of nitrogens with one attached hydrogen (secondary N) is 1. The summed E-state index contributed by atoms with van der Waals surface area (Å²) < 4.78 is 35.2. The fourth-order valence-corrected chi connectivity index (χ4v) is 3.61. The van der Waals surface area contributed by atoms with Crippen LogP contribution in [0.25, 0.3) is 0 Å². The number of hydrogen-bond donors (Lipinski definition) is 1. The molecule has 0 aromatic heterocycles. The van der Waals surface area contributed by atoms with E-state index >= 15 is 0 Å². The number of anilines is 2. The van der Waals surface area contributed by atoms with Gasteiger partial charge in [-0.1, -0.05) is 0 Å². The van der Waals surface area contributed by atoms with Crippen molar-refractivity contribution in [3.8, 4) is 5.75 Å². The summed E-state index contributed by atoms with van der Waals surface area (Å²) in [5, 5.41) is 2.72. The molecule has 0 atom stereocenters. The highest BCUT2D eigenvalue weighted by atomic mass is 32.2. The molecule has 0 saturated carbocycles. The van der Waals surface area contributed by atoms with E-state index < -0.39 is 16.0 Å². The Morgan fingerprint density at radius 3 is 2.14 bits per heavy atom. The van der Waals surface area contributed by atoms with Gasteiger partial charge in [0, 0.05) is 18.7 Å². The number of amides is 1. The lowest BCUT2D eigenvalue weighted by Gasteiger charge is -2.22. The van der Waals surface area contributed by atoms with Crippen LogP contribution in [0.3, 0.4) is 0 Å². The zero-order valence-corrected chi connectivity index (χ0v) is 17.4. The molecule has 156 valence electrons. The van der Waals surface area contributed by atoms with Crippen molar-refractivity contribution in [2.75, 3.05) is 36.6 Å². The Labute approximate surface area is 170 Å². The number of benzene rings is 2. The Morgan fingerprint density at radius 1 is 1.00 bits per heavy atom. The van der Waals surface area contributed by atoms with E-state index in [1.807, 2.05) is 0 Å². The van der Waals surface area contributed by atoms with Gasteiger partial charge in [-0.05, 0) is 55.0 Å². The number of methoxy groups -OCH3 is 2. The average Bonchev–Trinajstić information content (AvgIpc) is 2.70. The van der Waals surface area contributed by atoms with Gasteiger partial charge in [0.05, 0.1) is 31.7 Å². The number of rotatable bonds is 9. The van der Waals surface area contributed by atoms with E-state index in [1.165, 1.54) is 18.5 Å². The van der Waals surface area contributed by atoms with Crippen molar-refractivity contribution in [3.63, 3.8) is 0 Å². The molecule has 0 aliphatic rings. The minimum absolute atomic E-state index is 0.140. The molecule has 2 aromatic rings.